The monoisotopic (exact) mass is 225 g/mol. The molecule has 0 amide bonds. The fraction of sp³-hybridized carbons (Fsp3) is 0.273. The number of ether oxygens (including phenoxy) is 1. The van der Waals surface area contributed by atoms with E-state index in [0.717, 1.165) is 12.1 Å². The average Bonchev–Trinajstić information content (AvgIpc) is 2.28. The summed E-state index contributed by atoms with van der Waals surface area (Å²) in [4.78, 5) is 22.8. The smallest absolute Gasteiger partial charge is 0.379 e. The molecule has 0 aliphatic carbocycles. The first kappa shape index (κ1) is 12.3. The third-order valence-corrected chi connectivity index (χ3v) is 1.99. The van der Waals surface area contributed by atoms with Gasteiger partial charge in [0.15, 0.2) is 0 Å². The topological polar surface area (TPSA) is 69.4 Å². The third-order valence-electron chi connectivity index (χ3n) is 1.99. The van der Waals surface area contributed by atoms with Crippen molar-refractivity contribution in [2.75, 3.05) is 6.61 Å². The Morgan fingerprint density at radius 2 is 2.12 bits per heavy atom. The Morgan fingerprint density at radius 1 is 1.44 bits per heavy atom. The summed E-state index contributed by atoms with van der Waals surface area (Å²) in [7, 11) is 0. The Morgan fingerprint density at radius 3 is 2.69 bits per heavy atom. The minimum atomic E-state index is -0.955. The highest BCUT2D eigenvalue weighted by atomic mass is 19.1. The van der Waals surface area contributed by atoms with Crippen molar-refractivity contribution < 1.29 is 18.7 Å². The van der Waals surface area contributed by atoms with Gasteiger partial charge in [-0.1, -0.05) is 0 Å². The van der Waals surface area contributed by atoms with Crippen molar-refractivity contribution in [1.82, 2.24) is 0 Å². The van der Waals surface area contributed by atoms with Crippen LogP contribution in [0, 0.1) is 5.82 Å². The molecule has 86 valence electrons. The van der Waals surface area contributed by atoms with Crippen molar-refractivity contribution >= 4 is 11.8 Å². The quantitative estimate of drug-likeness (QED) is 0.472. The molecule has 2 N–H and O–H groups in total. The molecule has 0 heterocycles. The molecule has 0 unspecified atom stereocenters. The summed E-state index contributed by atoms with van der Waals surface area (Å²) in [6.45, 7) is 1.70. The number of carbonyl (C=O) groups is 2. The number of benzene rings is 1. The van der Waals surface area contributed by atoms with Crippen LogP contribution in [-0.4, -0.2) is 18.4 Å². The molecule has 1 rings (SSSR count). The van der Waals surface area contributed by atoms with Crippen LogP contribution >= 0.6 is 0 Å². The van der Waals surface area contributed by atoms with Crippen molar-refractivity contribution in [3.05, 3.63) is 35.1 Å². The van der Waals surface area contributed by atoms with E-state index in [4.69, 9.17) is 5.73 Å². The van der Waals surface area contributed by atoms with Gasteiger partial charge in [-0.25, -0.2) is 9.18 Å². The lowest BCUT2D eigenvalue weighted by Crippen LogP contribution is -2.20. The summed E-state index contributed by atoms with van der Waals surface area (Å²) in [6, 6.07) is 3.47. The van der Waals surface area contributed by atoms with E-state index in [2.05, 4.69) is 4.74 Å². The predicted octanol–water partition coefficient (Wildman–Crippen LogP) is 1.03. The molecule has 0 spiro atoms. The Bertz CT molecular complexity index is 418. The minimum absolute atomic E-state index is 0.0156. The van der Waals surface area contributed by atoms with Crippen LogP contribution in [0.1, 0.15) is 22.8 Å². The molecule has 0 saturated heterocycles. The molecule has 4 nitrogen and oxygen atoms in total. The van der Waals surface area contributed by atoms with Gasteiger partial charge in [0.2, 0.25) is 0 Å². The van der Waals surface area contributed by atoms with E-state index in [1.807, 2.05) is 0 Å². The maximum Gasteiger partial charge on any atom is 0.379 e. The number of halogens is 1. The fourth-order valence-electron chi connectivity index (χ4n) is 1.26. The first-order valence-electron chi connectivity index (χ1n) is 4.80. The van der Waals surface area contributed by atoms with Crippen molar-refractivity contribution in [2.24, 2.45) is 5.73 Å². The van der Waals surface area contributed by atoms with Crippen molar-refractivity contribution in [1.29, 1.82) is 0 Å². The maximum absolute atomic E-state index is 12.9. The van der Waals surface area contributed by atoms with Gasteiger partial charge in [-0.05, 0) is 30.7 Å². The zero-order valence-corrected chi connectivity index (χ0v) is 8.83. The summed E-state index contributed by atoms with van der Waals surface area (Å²) in [5, 5.41) is 0. The first-order chi connectivity index (χ1) is 7.60. The number of carbonyl (C=O) groups excluding carboxylic acids is 2. The van der Waals surface area contributed by atoms with E-state index in [9.17, 15) is 14.0 Å². The van der Waals surface area contributed by atoms with Gasteiger partial charge in [0.05, 0.1) is 6.61 Å². The Kier molecular flexibility index (Phi) is 4.13. The van der Waals surface area contributed by atoms with E-state index in [1.54, 1.807) is 6.92 Å². The minimum Gasteiger partial charge on any atom is -0.460 e. The molecule has 1 aromatic rings. The standard InChI is InChI=1S/C11H12FNO3/c1-2-16-11(15)10(14)9-4-3-8(12)5-7(9)6-13/h3-5H,2,6,13H2,1H3. The number of rotatable bonds is 4. The van der Waals surface area contributed by atoms with Crippen LogP contribution in [0.25, 0.3) is 0 Å². The highest BCUT2D eigenvalue weighted by Gasteiger charge is 2.20. The summed E-state index contributed by atoms with van der Waals surface area (Å²) < 4.78 is 17.4. The molecule has 0 bridgehead atoms. The second-order valence-electron chi connectivity index (χ2n) is 3.06. The molecule has 0 aliphatic rings. The average molecular weight is 225 g/mol. The van der Waals surface area contributed by atoms with Gasteiger partial charge < -0.3 is 10.5 Å². The van der Waals surface area contributed by atoms with Crippen LogP contribution in [-0.2, 0) is 16.1 Å². The number of nitrogens with two attached hydrogens (primary N) is 1. The van der Waals surface area contributed by atoms with Crippen molar-refractivity contribution in [2.45, 2.75) is 13.5 Å². The SMILES string of the molecule is CCOC(=O)C(=O)c1ccc(F)cc1CN. The molecule has 0 fully saturated rings. The van der Waals surface area contributed by atoms with E-state index in [0.29, 0.717) is 0 Å². The molecular formula is C11H12FNO3. The van der Waals surface area contributed by atoms with E-state index >= 15 is 0 Å². The highest BCUT2D eigenvalue weighted by molar-refractivity contribution is 6.41. The van der Waals surface area contributed by atoms with Crippen LogP contribution in [0.2, 0.25) is 0 Å². The lowest BCUT2D eigenvalue weighted by atomic mass is 10.0. The van der Waals surface area contributed by atoms with Gasteiger partial charge in [0.25, 0.3) is 5.78 Å². The zero-order chi connectivity index (χ0) is 12.1. The largest absolute Gasteiger partial charge is 0.460 e. The fourth-order valence-corrected chi connectivity index (χ4v) is 1.26. The Hall–Kier alpha value is -1.75. The number of ketones is 1. The van der Waals surface area contributed by atoms with Crippen molar-refractivity contribution in [3.63, 3.8) is 0 Å². The molecule has 0 radical (unpaired) electrons. The van der Waals surface area contributed by atoms with E-state index in [1.165, 1.54) is 6.07 Å². The second kappa shape index (κ2) is 5.37. The predicted molar refractivity (Wildman–Crippen MR) is 55.3 cm³/mol. The number of esters is 1. The molecule has 0 aromatic heterocycles. The second-order valence-corrected chi connectivity index (χ2v) is 3.06. The van der Waals surface area contributed by atoms with Crippen LogP contribution in [0.3, 0.4) is 0 Å². The molecule has 0 atom stereocenters. The third kappa shape index (κ3) is 2.64. The van der Waals surface area contributed by atoms with Gasteiger partial charge in [0, 0.05) is 12.1 Å². The molecule has 0 aliphatic heterocycles. The van der Waals surface area contributed by atoms with Crippen LogP contribution in [0.15, 0.2) is 18.2 Å². The van der Waals surface area contributed by atoms with Gasteiger partial charge in [0.1, 0.15) is 5.82 Å². The van der Waals surface area contributed by atoms with E-state index in [-0.39, 0.29) is 24.3 Å². The van der Waals surface area contributed by atoms with Crippen LogP contribution < -0.4 is 5.73 Å². The number of hydrogen-bond donors (Lipinski definition) is 1. The highest BCUT2D eigenvalue weighted by Crippen LogP contribution is 2.12. The summed E-state index contributed by atoms with van der Waals surface area (Å²) in [5.41, 5.74) is 5.74. The van der Waals surface area contributed by atoms with Crippen LogP contribution in [0.5, 0.6) is 0 Å². The van der Waals surface area contributed by atoms with Gasteiger partial charge >= 0.3 is 5.97 Å². The number of hydrogen-bond acceptors (Lipinski definition) is 4. The summed E-state index contributed by atoms with van der Waals surface area (Å²) >= 11 is 0. The molecular weight excluding hydrogens is 213 g/mol. The number of Topliss-reactive ketones (excluding diaryl/α,β-unsaturated/α-hetero) is 1. The maximum atomic E-state index is 12.9. The zero-order valence-electron chi connectivity index (χ0n) is 8.83. The summed E-state index contributed by atoms with van der Waals surface area (Å²) in [5.74, 6) is -2.26. The Balaban J connectivity index is 3.03. The molecule has 16 heavy (non-hydrogen) atoms. The first-order valence-corrected chi connectivity index (χ1v) is 4.80. The lowest BCUT2D eigenvalue weighted by Gasteiger charge is -2.06. The normalized spacial score (nSPS) is 9.94. The molecule has 0 saturated carbocycles. The molecule has 5 heteroatoms. The summed E-state index contributed by atoms with van der Waals surface area (Å²) in [6.07, 6.45) is 0. The molecule has 1 aromatic carbocycles. The Labute approximate surface area is 92.2 Å². The van der Waals surface area contributed by atoms with Crippen molar-refractivity contribution in [3.8, 4) is 0 Å². The van der Waals surface area contributed by atoms with Gasteiger partial charge in [-0.3, -0.25) is 4.79 Å². The lowest BCUT2D eigenvalue weighted by molar-refractivity contribution is -0.137. The van der Waals surface area contributed by atoms with Gasteiger partial charge in [-0.15, -0.1) is 0 Å². The van der Waals surface area contributed by atoms with Gasteiger partial charge in [-0.2, -0.15) is 0 Å². The van der Waals surface area contributed by atoms with Crippen LogP contribution in [0.4, 0.5) is 4.39 Å². The van der Waals surface area contributed by atoms with E-state index < -0.39 is 17.6 Å².